The van der Waals surface area contributed by atoms with E-state index in [0.29, 0.717) is 0 Å². The van der Waals surface area contributed by atoms with Gasteiger partial charge in [0.05, 0.1) is 0 Å². The van der Waals surface area contributed by atoms with E-state index in [9.17, 15) is 57.1 Å². The Morgan fingerprint density at radius 3 is 1.05 bits per heavy atom. The lowest BCUT2D eigenvalue weighted by atomic mass is 10.0. The molecular weight excluding hydrogens is 379 g/mol. The van der Waals surface area contributed by atoms with Gasteiger partial charge in [-0.15, -0.1) is 0 Å². The molecule has 0 fully saturated rings. The first-order chi connectivity index (χ1) is 9.21. The number of hydrogen-bond donors (Lipinski definition) is 0. The van der Waals surface area contributed by atoms with E-state index in [4.69, 9.17) is 0 Å². The van der Waals surface area contributed by atoms with E-state index in [0.717, 1.165) is 0 Å². The van der Waals surface area contributed by atoms with Crippen molar-refractivity contribution < 1.29 is 57.1 Å². The summed E-state index contributed by atoms with van der Waals surface area (Å²) in [6, 6.07) is 0. The van der Waals surface area contributed by atoms with Crippen LogP contribution in [0.1, 0.15) is 0 Å². The Kier molecular flexibility index (Phi) is 5.12. The second-order valence-corrected chi connectivity index (χ2v) is 4.26. The highest BCUT2D eigenvalue weighted by atomic mass is 35.5. The van der Waals surface area contributed by atoms with Gasteiger partial charge in [0.1, 0.15) is 0 Å². The van der Waals surface area contributed by atoms with Crippen molar-refractivity contribution in [3.8, 4) is 0 Å². The lowest BCUT2D eigenvalue weighted by Crippen LogP contribution is -2.53. The molecule has 0 N–H and O–H groups in total. The average Bonchev–Trinajstić information content (AvgIpc) is 2.20. The second-order valence-electron chi connectivity index (χ2n) is 3.74. The fourth-order valence-electron chi connectivity index (χ4n) is 0.863. The first-order valence-corrected chi connectivity index (χ1v) is 4.93. The summed E-state index contributed by atoms with van der Waals surface area (Å²) in [6.45, 7) is 0. The molecule has 0 saturated heterocycles. The predicted octanol–water partition coefficient (Wildman–Crippen LogP) is 5.48. The van der Waals surface area contributed by atoms with Gasteiger partial charge >= 0.3 is 35.2 Å². The first-order valence-electron chi connectivity index (χ1n) is 4.56. The lowest BCUT2D eigenvalue weighted by molar-refractivity contribution is -0.322. The third-order valence-corrected chi connectivity index (χ3v) is 2.59. The highest BCUT2D eigenvalue weighted by Gasteiger charge is 2.73. The van der Waals surface area contributed by atoms with Crippen molar-refractivity contribution in [3.63, 3.8) is 0 Å². The van der Waals surface area contributed by atoms with Crippen molar-refractivity contribution >= 4 is 11.6 Å². The zero-order valence-electron chi connectivity index (χ0n) is 9.45. The Morgan fingerprint density at radius 2 is 0.818 bits per heavy atom. The lowest BCUT2D eigenvalue weighted by Gasteiger charge is -2.30. The molecule has 0 saturated carbocycles. The Hall–Kier alpha value is -0.880. The van der Waals surface area contributed by atoms with Gasteiger partial charge in [-0.2, -0.15) is 48.3 Å². The van der Waals surface area contributed by atoms with Crippen LogP contribution in [-0.4, -0.2) is 35.2 Å². The fraction of sp³-hybridized carbons (Fsp3) is 0.750. The molecule has 0 amide bonds. The van der Waals surface area contributed by atoms with E-state index < -0.39 is 47.4 Å². The van der Waals surface area contributed by atoms with Crippen LogP contribution >= 0.6 is 11.6 Å². The van der Waals surface area contributed by atoms with Crippen molar-refractivity contribution in [1.29, 1.82) is 0 Å². The summed E-state index contributed by atoms with van der Waals surface area (Å²) in [5, 5.41) is -6.05. The number of allylic oxidation sites excluding steroid dienone is 2. The Morgan fingerprint density at radius 1 is 0.500 bits per heavy atom. The molecule has 14 heteroatoms. The van der Waals surface area contributed by atoms with Gasteiger partial charge in [-0.05, 0) is 12.2 Å². The zero-order chi connectivity index (χ0) is 18.4. The van der Waals surface area contributed by atoms with Gasteiger partial charge in [-0.3, -0.25) is 0 Å². The van der Waals surface area contributed by atoms with E-state index in [1.54, 1.807) is 0 Å². The van der Waals surface area contributed by atoms with E-state index in [2.05, 4.69) is 11.6 Å². The van der Waals surface area contributed by atoms with Gasteiger partial charge in [0.25, 0.3) is 0 Å². The van der Waals surface area contributed by atoms with Crippen LogP contribution in [0, 0.1) is 0 Å². The van der Waals surface area contributed by atoms with Gasteiger partial charge in [-0.1, -0.05) is 11.6 Å². The highest BCUT2D eigenvalue weighted by Crippen LogP contribution is 2.51. The second kappa shape index (κ2) is 5.34. The third-order valence-electron chi connectivity index (χ3n) is 2.12. The smallest absolute Gasteiger partial charge is 0.219 e. The molecule has 0 aromatic heterocycles. The van der Waals surface area contributed by atoms with Crippen LogP contribution in [0.4, 0.5) is 57.1 Å². The van der Waals surface area contributed by atoms with Gasteiger partial charge < -0.3 is 0 Å². The molecule has 0 rings (SSSR count). The minimum Gasteiger partial charge on any atom is -0.219 e. The molecule has 0 aromatic rings. The van der Waals surface area contributed by atoms with Crippen molar-refractivity contribution in [2.75, 3.05) is 0 Å². The summed E-state index contributed by atoms with van der Waals surface area (Å²) < 4.78 is 159. The van der Waals surface area contributed by atoms with E-state index in [1.807, 2.05) is 0 Å². The van der Waals surface area contributed by atoms with Gasteiger partial charge in [-0.25, -0.2) is 8.78 Å². The molecule has 0 aliphatic heterocycles. The van der Waals surface area contributed by atoms with Crippen molar-refractivity contribution in [1.82, 2.24) is 0 Å². The van der Waals surface area contributed by atoms with E-state index in [1.165, 1.54) is 0 Å². The SMILES string of the molecule is FC(F)(F)C(F)(Cl)C(F)(F)C=CC(F)(C(F)(F)F)C(F)(F)F. The molecule has 0 aromatic carbocycles. The molecule has 0 bridgehead atoms. The van der Waals surface area contributed by atoms with Crippen molar-refractivity contribution in [2.24, 2.45) is 0 Å². The number of hydrogen-bond acceptors (Lipinski definition) is 0. The minimum absolute atomic E-state index is 1.88. The summed E-state index contributed by atoms with van der Waals surface area (Å²) in [6.07, 6.45) is -24.1. The number of halogens is 14. The predicted molar refractivity (Wildman–Crippen MR) is 45.8 cm³/mol. The maximum Gasteiger partial charge on any atom is 0.443 e. The number of alkyl halides is 14. The maximum atomic E-state index is 12.9. The van der Waals surface area contributed by atoms with Gasteiger partial charge in [0.15, 0.2) is 0 Å². The Labute approximate surface area is 117 Å². The van der Waals surface area contributed by atoms with E-state index >= 15 is 0 Å². The largest absolute Gasteiger partial charge is 0.443 e. The van der Waals surface area contributed by atoms with Crippen molar-refractivity contribution in [3.05, 3.63) is 12.2 Å². The summed E-state index contributed by atoms with van der Waals surface area (Å²) in [4.78, 5) is 0. The van der Waals surface area contributed by atoms with E-state index in [-0.39, 0.29) is 0 Å². The molecule has 0 radical (unpaired) electrons. The quantitative estimate of drug-likeness (QED) is 0.346. The number of rotatable bonds is 3. The van der Waals surface area contributed by atoms with Crippen LogP contribution in [0.15, 0.2) is 12.2 Å². The normalized spacial score (nSPS) is 18.6. The van der Waals surface area contributed by atoms with Crippen LogP contribution in [0.5, 0.6) is 0 Å². The standard InChI is InChI=1S/C8H2ClF13/c9-5(13,8(20,21)22)4(11,12)2-1-3(10,6(14,15)16)7(17,18)19/h1-2H. The zero-order valence-corrected chi connectivity index (χ0v) is 10.2. The molecule has 1 atom stereocenters. The van der Waals surface area contributed by atoms with Crippen LogP contribution in [0.25, 0.3) is 0 Å². The molecule has 22 heavy (non-hydrogen) atoms. The maximum absolute atomic E-state index is 12.9. The summed E-state index contributed by atoms with van der Waals surface area (Å²) in [5.74, 6) is -6.12. The third kappa shape index (κ3) is 3.54. The Balaban J connectivity index is 5.93. The Bertz CT molecular complexity index is 409. The molecular formula is C8H2ClF13. The summed E-state index contributed by atoms with van der Waals surface area (Å²) >= 11 is 3.78. The molecule has 0 aliphatic rings. The molecule has 0 aliphatic carbocycles. The van der Waals surface area contributed by atoms with Crippen LogP contribution < -0.4 is 0 Å². The monoisotopic (exact) mass is 380 g/mol. The summed E-state index contributed by atoms with van der Waals surface area (Å²) in [7, 11) is 0. The van der Waals surface area contributed by atoms with Gasteiger partial charge in [0.2, 0.25) is 0 Å². The first kappa shape index (κ1) is 21.1. The van der Waals surface area contributed by atoms with Crippen LogP contribution in [-0.2, 0) is 0 Å². The average molecular weight is 381 g/mol. The molecule has 0 nitrogen and oxygen atoms in total. The van der Waals surface area contributed by atoms with Gasteiger partial charge in [0, 0.05) is 0 Å². The highest BCUT2D eigenvalue weighted by molar-refractivity contribution is 6.24. The molecule has 0 spiro atoms. The van der Waals surface area contributed by atoms with Crippen LogP contribution in [0.3, 0.4) is 0 Å². The molecule has 132 valence electrons. The van der Waals surface area contributed by atoms with Crippen molar-refractivity contribution in [2.45, 2.75) is 35.2 Å². The molecule has 0 heterocycles. The molecule has 1 unspecified atom stereocenters. The fourth-order valence-corrected chi connectivity index (χ4v) is 0.926. The minimum atomic E-state index is -6.85. The summed E-state index contributed by atoms with van der Waals surface area (Å²) in [5.41, 5.74) is -6.43. The van der Waals surface area contributed by atoms with Crippen LogP contribution in [0.2, 0.25) is 0 Å². The topological polar surface area (TPSA) is 0 Å².